The van der Waals surface area contributed by atoms with Crippen LogP contribution < -0.4 is 16.4 Å². The molecule has 8 nitrogen and oxygen atoms in total. The van der Waals surface area contributed by atoms with Gasteiger partial charge in [0.1, 0.15) is 17.1 Å². The van der Waals surface area contributed by atoms with Crippen LogP contribution in [0.4, 0.5) is 5.00 Å². The summed E-state index contributed by atoms with van der Waals surface area (Å²) in [7, 11) is 0. The summed E-state index contributed by atoms with van der Waals surface area (Å²) in [6, 6.07) is 11.0. The fraction of sp³-hybridized carbons (Fsp3) is 0.238. The smallest absolute Gasteiger partial charge is 0.249 e. The molecule has 1 aromatic carbocycles. The van der Waals surface area contributed by atoms with Crippen LogP contribution >= 0.6 is 11.3 Å². The van der Waals surface area contributed by atoms with Crippen molar-refractivity contribution in [2.75, 3.05) is 11.9 Å². The van der Waals surface area contributed by atoms with Crippen molar-refractivity contribution >= 4 is 40.2 Å². The molecule has 0 spiro atoms. The van der Waals surface area contributed by atoms with E-state index in [0.29, 0.717) is 30.1 Å². The number of anilines is 1. The van der Waals surface area contributed by atoms with E-state index in [-0.39, 0.29) is 17.8 Å². The number of nitrogens with one attached hydrogen (secondary N) is 3. The van der Waals surface area contributed by atoms with Crippen molar-refractivity contribution in [3.05, 3.63) is 58.0 Å². The van der Waals surface area contributed by atoms with Crippen LogP contribution in [0.15, 0.2) is 36.4 Å². The molecule has 30 heavy (non-hydrogen) atoms. The van der Waals surface area contributed by atoms with E-state index < -0.39 is 6.04 Å². The number of carbonyl (C=O) groups excluding carboxylic acids is 2. The molecule has 0 saturated carbocycles. The van der Waals surface area contributed by atoms with E-state index in [2.05, 4.69) is 16.7 Å². The molecule has 1 aliphatic heterocycles. The van der Waals surface area contributed by atoms with Gasteiger partial charge in [-0.25, -0.2) is 0 Å². The first-order valence-electron chi connectivity index (χ1n) is 9.37. The fourth-order valence-corrected chi connectivity index (χ4v) is 4.47. The molecule has 154 valence electrons. The van der Waals surface area contributed by atoms with Gasteiger partial charge >= 0.3 is 0 Å². The summed E-state index contributed by atoms with van der Waals surface area (Å²) in [5.41, 5.74) is 7.54. The minimum Gasteiger partial charge on any atom is -0.370 e. The van der Waals surface area contributed by atoms with Crippen LogP contribution in [0.1, 0.15) is 28.5 Å². The predicted molar refractivity (Wildman–Crippen MR) is 117 cm³/mol. The Hall–Kier alpha value is -3.64. The van der Waals surface area contributed by atoms with Gasteiger partial charge in [-0.2, -0.15) is 5.26 Å². The molecule has 0 radical (unpaired) electrons. The largest absolute Gasteiger partial charge is 0.370 e. The number of thiophene rings is 1. The van der Waals surface area contributed by atoms with E-state index in [1.165, 1.54) is 17.4 Å². The van der Waals surface area contributed by atoms with Crippen LogP contribution in [0, 0.1) is 16.7 Å². The second kappa shape index (κ2) is 9.24. The summed E-state index contributed by atoms with van der Waals surface area (Å²) in [5.74, 6) is -0.745. The highest BCUT2D eigenvalue weighted by Crippen LogP contribution is 2.36. The number of guanidine groups is 1. The first-order chi connectivity index (χ1) is 14.4. The minimum atomic E-state index is -0.609. The third-order valence-corrected chi connectivity index (χ3v) is 5.82. The van der Waals surface area contributed by atoms with Crippen LogP contribution in [0.2, 0.25) is 0 Å². The number of rotatable bonds is 5. The molecule has 0 bridgehead atoms. The normalized spacial score (nSPS) is 13.9. The Labute approximate surface area is 178 Å². The molecule has 9 heteroatoms. The van der Waals surface area contributed by atoms with Gasteiger partial charge in [0.2, 0.25) is 11.8 Å². The number of hydrogen-bond acceptors (Lipinski definition) is 5. The summed E-state index contributed by atoms with van der Waals surface area (Å²) in [6.45, 7) is 2.47. The van der Waals surface area contributed by atoms with E-state index >= 15 is 0 Å². The Kier molecular flexibility index (Phi) is 6.49. The lowest BCUT2D eigenvalue weighted by Gasteiger charge is -2.29. The van der Waals surface area contributed by atoms with Crippen molar-refractivity contribution in [3.63, 3.8) is 0 Å². The number of carbonyl (C=O) groups is 2. The minimum absolute atomic E-state index is 0.167. The molecule has 0 aliphatic carbocycles. The second-order valence-electron chi connectivity index (χ2n) is 6.84. The first-order valence-corrected chi connectivity index (χ1v) is 10.2. The standard InChI is InChI=1S/C21H22N6O2S/c1-13(25-21(23)24)20(29)27-10-9-15-16(11-22)19(30-17(15)12-27)26-18(28)8-7-14-5-3-2-4-6-14/h2-8,13H,9-10,12H2,1H3,(H,26,28)(H4,23,24,25)/b8-7+. The van der Waals surface area contributed by atoms with Crippen molar-refractivity contribution in [2.24, 2.45) is 5.73 Å². The molecular weight excluding hydrogens is 400 g/mol. The van der Waals surface area contributed by atoms with E-state index in [1.807, 2.05) is 30.3 Å². The van der Waals surface area contributed by atoms with Gasteiger partial charge < -0.3 is 21.3 Å². The predicted octanol–water partition coefficient (Wildman–Crippen LogP) is 2.03. The molecular formula is C21H22N6O2S. The van der Waals surface area contributed by atoms with Gasteiger partial charge in [0, 0.05) is 17.5 Å². The Balaban J connectivity index is 1.72. The van der Waals surface area contributed by atoms with Crippen molar-refractivity contribution in [1.29, 1.82) is 10.7 Å². The average molecular weight is 423 g/mol. The number of nitrogens with zero attached hydrogens (tertiary/aromatic N) is 2. The number of hydrogen-bond donors (Lipinski definition) is 4. The molecule has 1 atom stereocenters. The van der Waals surface area contributed by atoms with Gasteiger partial charge in [-0.05, 0) is 30.5 Å². The quantitative estimate of drug-likeness (QED) is 0.332. The maximum atomic E-state index is 12.6. The molecule has 1 aromatic heterocycles. The van der Waals surface area contributed by atoms with Crippen LogP contribution in [-0.4, -0.2) is 35.3 Å². The van der Waals surface area contributed by atoms with Crippen LogP contribution in [0.25, 0.3) is 6.08 Å². The number of nitriles is 1. The SMILES string of the molecule is CC(NC(=N)N)C(=O)N1CCc2c(sc(NC(=O)/C=C/c3ccccc3)c2C#N)C1. The lowest BCUT2D eigenvalue weighted by atomic mass is 10.0. The topological polar surface area (TPSA) is 135 Å². The Morgan fingerprint density at radius 1 is 1.37 bits per heavy atom. The van der Waals surface area contributed by atoms with E-state index in [4.69, 9.17) is 11.1 Å². The highest BCUT2D eigenvalue weighted by Gasteiger charge is 2.29. The van der Waals surface area contributed by atoms with Gasteiger partial charge in [-0.3, -0.25) is 15.0 Å². The van der Waals surface area contributed by atoms with E-state index in [9.17, 15) is 14.9 Å². The van der Waals surface area contributed by atoms with E-state index in [1.54, 1.807) is 17.9 Å². The Bertz CT molecular complexity index is 1040. The second-order valence-corrected chi connectivity index (χ2v) is 7.95. The average Bonchev–Trinajstić information content (AvgIpc) is 3.07. The summed E-state index contributed by atoms with van der Waals surface area (Å²) < 4.78 is 0. The summed E-state index contributed by atoms with van der Waals surface area (Å²) in [6.07, 6.45) is 3.67. The van der Waals surface area contributed by atoms with Gasteiger partial charge in [0.05, 0.1) is 12.1 Å². The maximum Gasteiger partial charge on any atom is 0.249 e. The van der Waals surface area contributed by atoms with Crippen LogP contribution in [-0.2, 0) is 22.6 Å². The van der Waals surface area contributed by atoms with Crippen LogP contribution in [0.3, 0.4) is 0 Å². The third kappa shape index (κ3) is 4.85. The maximum absolute atomic E-state index is 12.6. The molecule has 0 saturated heterocycles. The van der Waals surface area contributed by atoms with Gasteiger partial charge in [0.25, 0.3) is 0 Å². The van der Waals surface area contributed by atoms with Crippen molar-refractivity contribution < 1.29 is 9.59 Å². The first kappa shape index (κ1) is 21.1. The molecule has 2 amide bonds. The Morgan fingerprint density at radius 2 is 2.10 bits per heavy atom. The molecule has 3 rings (SSSR count). The van der Waals surface area contributed by atoms with Crippen LogP contribution in [0.5, 0.6) is 0 Å². The number of benzene rings is 1. The monoisotopic (exact) mass is 422 g/mol. The zero-order chi connectivity index (χ0) is 21.7. The molecule has 0 fully saturated rings. The highest BCUT2D eigenvalue weighted by molar-refractivity contribution is 7.16. The summed E-state index contributed by atoms with van der Waals surface area (Å²) >= 11 is 1.31. The highest BCUT2D eigenvalue weighted by atomic mass is 32.1. The molecule has 5 N–H and O–H groups in total. The number of amides is 2. The lowest BCUT2D eigenvalue weighted by molar-refractivity contribution is -0.133. The zero-order valence-corrected chi connectivity index (χ0v) is 17.3. The van der Waals surface area contributed by atoms with Crippen molar-refractivity contribution in [2.45, 2.75) is 25.9 Å². The lowest BCUT2D eigenvalue weighted by Crippen LogP contribution is -2.49. The number of fused-ring (bicyclic) bond motifs is 1. The molecule has 2 aromatic rings. The van der Waals surface area contributed by atoms with Crippen molar-refractivity contribution in [1.82, 2.24) is 10.2 Å². The third-order valence-electron chi connectivity index (χ3n) is 4.69. The molecule has 2 heterocycles. The fourth-order valence-electron chi connectivity index (χ4n) is 3.26. The Morgan fingerprint density at radius 3 is 2.77 bits per heavy atom. The molecule has 1 aliphatic rings. The van der Waals surface area contributed by atoms with E-state index in [0.717, 1.165) is 16.0 Å². The summed E-state index contributed by atoms with van der Waals surface area (Å²) in [4.78, 5) is 27.4. The zero-order valence-electron chi connectivity index (χ0n) is 16.4. The van der Waals surface area contributed by atoms with Gasteiger partial charge in [0.15, 0.2) is 5.96 Å². The molecule has 1 unspecified atom stereocenters. The van der Waals surface area contributed by atoms with Crippen molar-refractivity contribution in [3.8, 4) is 6.07 Å². The van der Waals surface area contributed by atoms with Gasteiger partial charge in [-0.1, -0.05) is 30.3 Å². The summed E-state index contributed by atoms with van der Waals surface area (Å²) in [5, 5.41) is 22.8. The van der Waals surface area contributed by atoms with Gasteiger partial charge in [-0.15, -0.1) is 11.3 Å². The number of nitrogens with two attached hydrogens (primary N) is 1.